The van der Waals surface area contributed by atoms with Crippen LogP contribution in [0.4, 0.5) is 0 Å². The number of nitrogens with two attached hydrogens (primary N) is 1. The second-order valence-electron chi connectivity index (χ2n) is 3.22. The van der Waals surface area contributed by atoms with Crippen molar-refractivity contribution >= 4 is 6.29 Å². The molecule has 0 saturated carbocycles. The smallest absolute Gasteiger partial charge is 0.139 e. The van der Waals surface area contributed by atoms with E-state index in [1.807, 2.05) is 0 Å². The molecule has 0 aliphatic carbocycles. The quantitative estimate of drug-likeness (QED) is 0.416. The summed E-state index contributed by atoms with van der Waals surface area (Å²) in [6.45, 7) is 3.83. The number of aliphatic hydroxyl groups excluding tert-OH is 1. The van der Waals surface area contributed by atoms with Crippen LogP contribution in [0, 0.1) is 0 Å². The van der Waals surface area contributed by atoms with Crippen molar-refractivity contribution in [3.63, 3.8) is 0 Å². The minimum absolute atomic E-state index is 0.297. The summed E-state index contributed by atoms with van der Waals surface area (Å²) in [5.74, 6) is 0. The maximum Gasteiger partial charge on any atom is 0.139 e. The van der Waals surface area contributed by atoms with Gasteiger partial charge in [0.15, 0.2) is 0 Å². The van der Waals surface area contributed by atoms with Crippen LogP contribution in [-0.2, 0) is 4.79 Å². The van der Waals surface area contributed by atoms with Crippen LogP contribution in [-0.4, -0.2) is 41.7 Å². The number of β-amino-alcohol motifs (C(OH)–C–C–N with tert-alkyl or cyclic N) is 1. The zero-order valence-electron chi connectivity index (χ0n) is 7.24. The molecule has 0 radical (unpaired) electrons. The zero-order chi connectivity index (χ0) is 9.07. The monoisotopic (exact) mass is 160 g/mol. The Bertz CT molecular complexity index is 134. The fourth-order valence-electron chi connectivity index (χ4n) is 0.606. The number of nitrogens with zero attached hydrogens (tertiary/aromatic N) is 1. The second-order valence-corrected chi connectivity index (χ2v) is 3.22. The van der Waals surface area contributed by atoms with Gasteiger partial charge < -0.3 is 15.6 Å². The molecule has 4 nitrogen and oxygen atoms in total. The van der Waals surface area contributed by atoms with E-state index in [0.717, 1.165) is 6.29 Å². The highest BCUT2D eigenvalue weighted by Crippen LogP contribution is 2.07. The van der Waals surface area contributed by atoms with Gasteiger partial charge in [-0.3, -0.25) is 4.90 Å². The first-order valence-corrected chi connectivity index (χ1v) is 3.51. The summed E-state index contributed by atoms with van der Waals surface area (Å²) in [4.78, 5) is 12.2. The standard InChI is InChI=1S/C7H16N2O2/c1-7(2,5-10)9(3)4-6(8)11/h5-6,11H,4,8H2,1-3H3. The van der Waals surface area contributed by atoms with Crippen molar-refractivity contribution in [1.29, 1.82) is 0 Å². The molecule has 4 heteroatoms. The molecule has 0 fully saturated rings. The first-order valence-electron chi connectivity index (χ1n) is 3.51. The number of hydrogen-bond donors (Lipinski definition) is 2. The van der Waals surface area contributed by atoms with Gasteiger partial charge in [0.25, 0.3) is 0 Å². The molecule has 0 rings (SSSR count). The zero-order valence-corrected chi connectivity index (χ0v) is 7.24. The van der Waals surface area contributed by atoms with Crippen LogP contribution in [0.2, 0.25) is 0 Å². The van der Waals surface area contributed by atoms with Gasteiger partial charge in [-0.25, -0.2) is 0 Å². The van der Waals surface area contributed by atoms with Crippen LogP contribution in [0.15, 0.2) is 0 Å². The first kappa shape index (κ1) is 10.6. The molecular formula is C7H16N2O2. The number of carbonyl (C=O) groups excluding carboxylic acids is 1. The highest BCUT2D eigenvalue weighted by atomic mass is 16.3. The van der Waals surface area contributed by atoms with Gasteiger partial charge in [0, 0.05) is 6.54 Å². The third-order valence-electron chi connectivity index (χ3n) is 1.73. The summed E-state index contributed by atoms with van der Waals surface area (Å²) in [5.41, 5.74) is 4.59. The number of aldehydes is 1. The fraction of sp³-hybridized carbons (Fsp3) is 0.857. The highest BCUT2D eigenvalue weighted by molar-refractivity contribution is 5.62. The molecular weight excluding hydrogens is 144 g/mol. The van der Waals surface area contributed by atoms with E-state index in [2.05, 4.69) is 0 Å². The Hall–Kier alpha value is -0.450. The van der Waals surface area contributed by atoms with Gasteiger partial charge in [0.05, 0.1) is 5.54 Å². The molecule has 0 aromatic rings. The molecule has 11 heavy (non-hydrogen) atoms. The average Bonchev–Trinajstić information content (AvgIpc) is 1.86. The van der Waals surface area contributed by atoms with E-state index in [1.54, 1.807) is 25.8 Å². The van der Waals surface area contributed by atoms with E-state index < -0.39 is 11.8 Å². The maximum absolute atomic E-state index is 10.5. The van der Waals surface area contributed by atoms with Crippen molar-refractivity contribution in [2.45, 2.75) is 25.6 Å². The Morgan fingerprint density at radius 1 is 1.73 bits per heavy atom. The Morgan fingerprint density at radius 2 is 2.18 bits per heavy atom. The van der Waals surface area contributed by atoms with Crippen LogP contribution >= 0.6 is 0 Å². The van der Waals surface area contributed by atoms with Gasteiger partial charge in [0.1, 0.15) is 12.5 Å². The molecule has 0 bridgehead atoms. The molecule has 0 amide bonds. The average molecular weight is 160 g/mol. The van der Waals surface area contributed by atoms with Gasteiger partial charge >= 0.3 is 0 Å². The van der Waals surface area contributed by atoms with Crippen LogP contribution in [0.3, 0.4) is 0 Å². The molecule has 0 aromatic carbocycles. The topological polar surface area (TPSA) is 66.6 Å². The molecule has 1 unspecified atom stereocenters. The predicted molar refractivity (Wildman–Crippen MR) is 43.0 cm³/mol. The lowest BCUT2D eigenvalue weighted by Gasteiger charge is -2.30. The van der Waals surface area contributed by atoms with Crippen molar-refractivity contribution in [1.82, 2.24) is 4.90 Å². The third kappa shape index (κ3) is 3.46. The molecule has 0 heterocycles. The summed E-state index contributed by atoms with van der Waals surface area (Å²) < 4.78 is 0. The summed E-state index contributed by atoms with van der Waals surface area (Å²) in [6, 6.07) is 0. The van der Waals surface area contributed by atoms with E-state index in [4.69, 9.17) is 10.8 Å². The Morgan fingerprint density at radius 3 is 2.45 bits per heavy atom. The third-order valence-corrected chi connectivity index (χ3v) is 1.73. The van der Waals surface area contributed by atoms with E-state index in [9.17, 15) is 4.79 Å². The summed E-state index contributed by atoms with van der Waals surface area (Å²) in [7, 11) is 1.74. The van der Waals surface area contributed by atoms with Crippen molar-refractivity contribution in [3.05, 3.63) is 0 Å². The number of aliphatic hydroxyl groups is 1. The van der Waals surface area contributed by atoms with E-state index in [-0.39, 0.29) is 0 Å². The van der Waals surface area contributed by atoms with Gasteiger partial charge in [-0.2, -0.15) is 0 Å². The van der Waals surface area contributed by atoms with Crippen LogP contribution < -0.4 is 5.73 Å². The Kier molecular flexibility index (Phi) is 3.65. The molecule has 1 atom stereocenters. The number of likely N-dealkylation sites (N-methyl/N-ethyl adjacent to an activating group) is 1. The van der Waals surface area contributed by atoms with E-state index in [1.165, 1.54) is 0 Å². The number of carbonyl (C=O) groups is 1. The normalized spacial score (nSPS) is 15.1. The minimum atomic E-state index is -0.890. The fourth-order valence-corrected chi connectivity index (χ4v) is 0.606. The summed E-state index contributed by atoms with van der Waals surface area (Å²) >= 11 is 0. The van der Waals surface area contributed by atoms with Gasteiger partial charge in [0.2, 0.25) is 0 Å². The lowest BCUT2D eigenvalue weighted by atomic mass is 10.1. The molecule has 0 aliphatic rings. The number of rotatable bonds is 4. The highest BCUT2D eigenvalue weighted by Gasteiger charge is 2.23. The van der Waals surface area contributed by atoms with E-state index >= 15 is 0 Å². The molecule has 0 spiro atoms. The lowest BCUT2D eigenvalue weighted by molar-refractivity contribution is -0.116. The lowest BCUT2D eigenvalue weighted by Crippen LogP contribution is -2.48. The van der Waals surface area contributed by atoms with Crippen molar-refractivity contribution in [2.75, 3.05) is 13.6 Å². The van der Waals surface area contributed by atoms with Gasteiger partial charge in [-0.15, -0.1) is 0 Å². The van der Waals surface area contributed by atoms with Gasteiger partial charge in [-0.05, 0) is 20.9 Å². The SMILES string of the molecule is CN(CC(N)O)C(C)(C)C=O. The predicted octanol–water partition coefficient (Wildman–Crippen LogP) is -0.827. The summed E-state index contributed by atoms with van der Waals surface area (Å²) in [6.07, 6.45) is -0.0609. The van der Waals surface area contributed by atoms with Gasteiger partial charge in [-0.1, -0.05) is 0 Å². The molecule has 3 N–H and O–H groups in total. The minimum Gasteiger partial charge on any atom is -0.377 e. The Labute approximate surface area is 67.0 Å². The van der Waals surface area contributed by atoms with E-state index in [0.29, 0.717) is 6.54 Å². The van der Waals surface area contributed by atoms with Crippen LogP contribution in [0.25, 0.3) is 0 Å². The van der Waals surface area contributed by atoms with Crippen LogP contribution in [0.5, 0.6) is 0 Å². The first-order chi connectivity index (χ1) is 4.90. The van der Waals surface area contributed by atoms with Crippen molar-refractivity contribution in [2.24, 2.45) is 5.73 Å². The molecule has 66 valence electrons. The summed E-state index contributed by atoms with van der Waals surface area (Å²) in [5, 5.41) is 8.80. The van der Waals surface area contributed by atoms with Crippen LogP contribution in [0.1, 0.15) is 13.8 Å². The Balaban J connectivity index is 4.01. The largest absolute Gasteiger partial charge is 0.377 e. The van der Waals surface area contributed by atoms with Crippen molar-refractivity contribution in [3.8, 4) is 0 Å². The van der Waals surface area contributed by atoms with Crippen molar-refractivity contribution < 1.29 is 9.90 Å². The molecule has 0 aliphatic heterocycles. The number of hydrogen-bond acceptors (Lipinski definition) is 4. The maximum atomic E-state index is 10.5. The molecule has 0 saturated heterocycles. The molecule has 0 aromatic heterocycles. The second kappa shape index (κ2) is 3.80.